The SMILES string of the molecule is O=C(Cc1cccs1)Nc1ccc(NCc2ccccn2)cc1. The van der Waals surface area contributed by atoms with Crippen LogP contribution in [-0.2, 0) is 17.8 Å². The molecule has 0 aliphatic rings. The number of aromatic nitrogens is 1. The lowest BCUT2D eigenvalue weighted by Crippen LogP contribution is -2.13. The zero-order valence-corrected chi connectivity index (χ0v) is 13.3. The number of nitrogens with zero attached hydrogens (tertiary/aromatic N) is 1. The summed E-state index contributed by atoms with van der Waals surface area (Å²) in [5.41, 5.74) is 2.78. The van der Waals surface area contributed by atoms with Crippen LogP contribution in [0, 0.1) is 0 Å². The van der Waals surface area contributed by atoms with Gasteiger partial charge in [0.25, 0.3) is 0 Å². The average Bonchev–Trinajstić information content (AvgIpc) is 3.08. The maximum absolute atomic E-state index is 11.9. The number of amides is 1. The van der Waals surface area contributed by atoms with Gasteiger partial charge < -0.3 is 10.6 Å². The lowest BCUT2D eigenvalue weighted by atomic mass is 10.2. The quantitative estimate of drug-likeness (QED) is 0.722. The molecule has 0 radical (unpaired) electrons. The molecule has 3 aromatic rings. The summed E-state index contributed by atoms with van der Waals surface area (Å²) in [4.78, 5) is 17.3. The first-order valence-corrected chi connectivity index (χ1v) is 8.24. The lowest BCUT2D eigenvalue weighted by molar-refractivity contribution is -0.115. The number of nitrogens with one attached hydrogen (secondary N) is 2. The maximum Gasteiger partial charge on any atom is 0.229 e. The van der Waals surface area contributed by atoms with E-state index in [2.05, 4.69) is 15.6 Å². The fourth-order valence-electron chi connectivity index (χ4n) is 2.14. The maximum atomic E-state index is 11.9. The highest BCUT2D eigenvalue weighted by atomic mass is 32.1. The molecule has 23 heavy (non-hydrogen) atoms. The Balaban J connectivity index is 1.51. The first-order valence-electron chi connectivity index (χ1n) is 7.36. The van der Waals surface area contributed by atoms with Crippen molar-refractivity contribution in [1.29, 1.82) is 0 Å². The predicted molar refractivity (Wildman–Crippen MR) is 94.7 cm³/mol. The fourth-order valence-corrected chi connectivity index (χ4v) is 2.85. The van der Waals surface area contributed by atoms with Crippen LogP contribution in [0.15, 0.2) is 66.2 Å². The number of carbonyl (C=O) groups is 1. The molecular weight excluding hydrogens is 306 g/mol. The highest BCUT2D eigenvalue weighted by Crippen LogP contribution is 2.15. The summed E-state index contributed by atoms with van der Waals surface area (Å²) in [5.74, 6) is 0.00152. The summed E-state index contributed by atoms with van der Waals surface area (Å²) < 4.78 is 0. The van der Waals surface area contributed by atoms with Crippen molar-refractivity contribution >= 4 is 28.6 Å². The molecule has 5 heteroatoms. The Kier molecular flexibility index (Phi) is 5.01. The number of rotatable bonds is 6. The number of anilines is 2. The summed E-state index contributed by atoms with van der Waals surface area (Å²) in [7, 11) is 0. The summed E-state index contributed by atoms with van der Waals surface area (Å²) in [5, 5.41) is 8.19. The van der Waals surface area contributed by atoms with Gasteiger partial charge in [-0.25, -0.2) is 0 Å². The first-order chi connectivity index (χ1) is 11.3. The minimum Gasteiger partial charge on any atom is -0.379 e. The zero-order chi connectivity index (χ0) is 15.9. The third-order valence-electron chi connectivity index (χ3n) is 3.28. The molecule has 2 N–H and O–H groups in total. The normalized spacial score (nSPS) is 10.3. The van der Waals surface area contributed by atoms with Gasteiger partial charge in [0.1, 0.15) is 0 Å². The molecule has 1 amide bonds. The average molecular weight is 323 g/mol. The van der Waals surface area contributed by atoms with Gasteiger partial charge in [-0.3, -0.25) is 9.78 Å². The van der Waals surface area contributed by atoms with E-state index in [1.165, 1.54) is 0 Å². The molecule has 0 atom stereocenters. The van der Waals surface area contributed by atoms with Crippen LogP contribution < -0.4 is 10.6 Å². The molecule has 0 saturated carbocycles. The zero-order valence-electron chi connectivity index (χ0n) is 12.5. The van der Waals surface area contributed by atoms with E-state index in [1.807, 2.05) is 60.0 Å². The summed E-state index contributed by atoms with van der Waals surface area (Å²) in [6.07, 6.45) is 2.20. The van der Waals surface area contributed by atoms with Gasteiger partial charge in [0.15, 0.2) is 0 Å². The lowest BCUT2D eigenvalue weighted by Gasteiger charge is -2.08. The molecule has 1 aromatic carbocycles. The van der Waals surface area contributed by atoms with E-state index in [1.54, 1.807) is 17.5 Å². The molecule has 0 aliphatic heterocycles. The van der Waals surface area contributed by atoms with Crippen molar-refractivity contribution in [2.24, 2.45) is 0 Å². The Labute approximate surface area is 139 Å². The van der Waals surface area contributed by atoms with Gasteiger partial charge in [-0.05, 0) is 47.8 Å². The summed E-state index contributed by atoms with van der Waals surface area (Å²) in [6.45, 7) is 0.672. The smallest absolute Gasteiger partial charge is 0.229 e. The van der Waals surface area contributed by atoms with Gasteiger partial charge in [-0.15, -0.1) is 11.3 Å². The first kappa shape index (κ1) is 15.2. The molecule has 0 fully saturated rings. The molecule has 0 spiro atoms. The second kappa shape index (κ2) is 7.56. The molecule has 4 nitrogen and oxygen atoms in total. The van der Waals surface area contributed by atoms with E-state index in [0.717, 1.165) is 21.9 Å². The van der Waals surface area contributed by atoms with Crippen LogP contribution in [0.1, 0.15) is 10.6 Å². The number of carbonyl (C=O) groups excluding carboxylic acids is 1. The standard InChI is InChI=1S/C18H17N3OS/c22-18(12-17-5-3-11-23-17)21-15-8-6-14(7-9-15)20-13-16-4-1-2-10-19-16/h1-11,20H,12-13H2,(H,21,22). The van der Waals surface area contributed by atoms with Crippen molar-refractivity contribution in [3.05, 3.63) is 76.7 Å². The van der Waals surface area contributed by atoms with Gasteiger partial charge in [-0.2, -0.15) is 0 Å². The van der Waals surface area contributed by atoms with Crippen molar-refractivity contribution in [1.82, 2.24) is 4.98 Å². The fraction of sp³-hybridized carbons (Fsp3) is 0.111. The Morgan fingerprint density at radius 3 is 2.52 bits per heavy atom. The van der Waals surface area contributed by atoms with Crippen molar-refractivity contribution in [2.45, 2.75) is 13.0 Å². The minimum absolute atomic E-state index is 0.00152. The van der Waals surface area contributed by atoms with Gasteiger partial charge in [0.05, 0.1) is 18.7 Å². The van der Waals surface area contributed by atoms with Crippen LogP contribution in [0.4, 0.5) is 11.4 Å². The molecule has 116 valence electrons. The van der Waals surface area contributed by atoms with Crippen molar-refractivity contribution < 1.29 is 4.79 Å². The van der Waals surface area contributed by atoms with E-state index in [4.69, 9.17) is 0 Å². The van der Waals surface area contributed by atoms with Crippen molar-refractivity contribution in [3.8, 4) is 0 Å². The molecule has 2 aromatic heterocycles. The van der Waals surface area contributed by atoms with Crippen LogP contribution in [0.5, 0.6) is 0 Å². The summed E-state index contributed by atoms with van der Waals surface area (Å²) >= 11 is 1.59. The molecule has 0 bridgehead atoms. The van der Waals surface area contributed by atoms with E-state index < -0.39 is 0 Å². The van der Waals surface area contributed by atoms with Crippen molar-refractivity contribution in [2.75, 3.05) is 10.6 Å². The third kappa shape index (κ3) is 4.66. The Hall–Kier alpha value is -2.66. The summed E-state index contributed by atoms with van der Waals surface area (Å²) in [6, 6.07) is 17.5. The largest absolute Gasteiger partial charge is 0.379 e. The van der Waals surface area contributed by atoms with Crippen LogP contribution in [-0.4, -0.2) is 10.9 Å². The Bertz CT molecular complexity index is 740. The number of hydrogen-bond acceptors (Lipinski definition) is 4. The predicted octanol–water partition coefficient (Wildman–Crippen LogP) is 3.94. The van der Waals surface area contributed by atoms with Gasteiger partial charge in [0.2, 0.25) is 5.91 Å². The van der Waals surface area contributed by atoms with Crippen LogP contribution >= 0.6 is 11.3 Å². The van der Waals surface area contributed by atoms with Gasteiger partial charge in [-0.1, -0.05) is 12.1 Å². The Morgan fingerprint density at radius 1 is 1.00 bits per heavy atom. The number of hydrogen-bond donors (Lipinski definition) is 2. The van der Waals surface area contributed by atoms with Crippen LogP contribution in [0.25, 0.3) is 0 Å². The van der Waals surface area contributed by atoms with E-state index in [-0.39, 0.29) is 5.91 Å². The molecule has 2 heterocycles. The van der Waals surface area contributed by atoms with E-state index in [0.29, 0.717) is 13.0 Å². The number of pyridine rings is 1. The second-order valence-corrected chi connectivity index (χ2v) is 6.09. The van der Waals surface area contributed by atoms with E-state index >= 15 is 0 Å². The molecule has 0 unspecified atom stereocenters. The molecule has 0 saturated heterocycles. The monoisotopic (exact) mass is 323 g/mol. The topological polar surface area (TPSA) is 54.0 Å². The van der Waals surface area contributed by atoms with Crippen LogP contribution in [0.3, 0.4) is 0 Å². The highest BCUT2D eigenvalue weighted by Gasteiger charge is 2.05. The number of thiophene rings is 1. The molecular formula is C18H17N3OS. The van der Waals surface area contributed by atoms with Crippen LogP contribution in [0.2, 0.25) is 0 Å². The molecule has 3 rings (SSSR count). The van der Waals surface area contributed by atoms with E-state index in [9.17, 15) is 4.79 Å². The minimum atomic E-state index is 0.00152. The number of benzene rings is 1. The third-order valence-corrected chi connectivity index (χ3v) is 4.16. The van der Waals surface area contributed by atoms with Gasteiger partial charge in [0, 0.05) is 22.4 Å². The second-order valence-electron chi connectivity index (χ2n) is 5.06. The van der Waals surface area contributed by atoms with Crippen molar-refractivity contribution in [3.63, 3.8) is 0 Å². The molecule has 0 aliphatic carbocycles. The highest BCUT2D eigenvalue weighted by molar-refractivity contribution is 7.10. The Morgan fingerprint density at radius 2 is 1.83 bits per heavy atom. The van der Waals surface area contributed by atoms with Gasteiger partial charge >= 0.3 is 0 Å².